The summed E-state index contributed by atoms with van der Waals surface area (Å²) in [7, 11) is -3.20. The normalized spacial score (nSPS) is 18.5. The second kappa shape index (κ2) is 5.50. The molecule has 1 amide bonds. The summed E-state index contributed by atoms with van der Waals surface area (Å²) >= 11 is 0. The Balaban J connectivity index is 2.29. The Bertz CT molecular complexity index is 490. The van der Waals surface area contributed by atoms with Crippen LogP contribution in [0.15, 0.2) is 23.1 Å². The molecule has 0 aliphatic carbocycles. The number of carbonyl (C=O) groups excluding carboxylic acids is 1. The highest BCUT2D eigenvalue weighted by molar-refractivity contribution is 8.23. The zero-order chi connectivity index (χ0) is 14.0. The van der Waals surface area contributed by atoms with Crippen LogP contribution in [-0.4, -0.2) is 37.6 Å². The van der Waals surface area contributed by atoms with Gasteiger partial charge in [-0.05, 0) is 37.0 Å². The molecule has 0 fully saturated rings. The Hall–Kier alpha value is -1.08. The van der Waals surface area contributed by atoms with Crippen LogP contribution in [0.5, 0.6) is 0 Å². The average molecular weight is 285 g/mol. The third-order valence-corrected chi connectivity index (χ3v) is 5.19. The van der Waals surface area contributed by atoms with Crippen molar-refractivity contribution in [3.8, 4) is 0 Å². The van der Waals surface area contributed by atoms with E-state index >= 15 is 0 Å². The Morgan fingerprint density at radius 3 is 2.63 bits per heavy atom. The number of carbonyl (C=O) groups is 1. The van der Waals surface area contributed by atoms with E-state index in [1.165, 1.54) is 0 Å². The lowest BCUT2D eigenvalue weighted by molar-refractivity contribution is 0.0859. The van der Waals surface area contributed by atoms with Crippen LogP contribution < -0.4 is 0 Å². The minimum atomic E-state index is -3.20. The van der Waals surface area contributed by atoms with Crippen molar-refractivity contribution in [1.82, 2.24) is 4.31 Å². The van der Waals surface area contributed by atoms with Gasteiger partial charge in [0, 0.05) is 13.2 Å². The highest BCUT2D eigenvalue weighted by atomic mass is 32.3. The molecule has 1 aromatic carbocycles. The van der Waals surface area contributed by atoms with Gasteiger partial charge in [-0.15, -0.1) is 0 Å². The fourth-order valence-corrected chi connectivity index (χ4v) is 3.81. The minimum Gasteiger partial charge on any atom is -0.396 e. The molecule has 0 atom stereocenters. The molecule has 3 N–H and O–H groups in total. The maximum atomic E-state index is 12.2. The fourth-order valence-electron chi connectivity index (χ4n) is 2.17. The molecule has 0 bridgehead atoms. The molecular weight excluding hydrogens is 266 g/mol. The van der Waals surface area contributed by atoms with Crippen molar-refractivity contribution in [2.24, 2.45) is 0 Å². The quantitative estimate of drug-likeness (QED) is 0.726. The number of rotatable bonds is 5. The van der Waals surface area contributed by atoms with Crippen molar-refractivity contribution in [2.45, 2.75) is 31.1 Å². The number of aliphatic hydroxyl groups excluding tert-OH is 1. The predicted molar refractivity (Wildman–Crippen MR) is 74.3 cm³/mol. The highest BCUT2D eigenvalue weighted by Crippen LogP contribution is 2.58. The van der Waals surface area contributed by atoms with Crippen LogP contribution in [0, 0.1) is 0 Å². The number of unbranched alkanes of at least 4 members (excludes halogenated alkanes) is 1. The largest absolute Gasteiger partial charge is 0.396 e. The lowest BCUT2D eigenvalue weighted by atomic mass is 10.1. The number of aliphatic hydroxyl groups is 1. The maximum absolute atomic E-state index is 12.2. The summed E-state index contributed by atoms with van der Waals surface area (Å²) in [4.78, 5) is 12.6. The van der Waals surface area contributed by atoms with E-state index in [0.29, 0.717) is 23.3 Å². The van der Waals surface area contributed by atoms with Crippen molar-refractivity contribution in [3.05, 3.63) is 29.3 Å². The van der Waals surface area contributed by atoms with Gasteiger partial charge in [-0.25, -0.2) is 4.31 Å². The molecule has 1 aromatic rings. The topological polar surface area (TPSA) is 81.0 Å². The Morgan fingerprint density at radius 1 is 1.26 bits per heavy atom. The van der Waals surface area contributed by atoms with E-state index in [-0.39, 0.29) is 19.1 Å². The second-order valence-corrected chi connectivity index (χ2v) is 6.46. The molecule has 0 unspecified atom stereocenters. The molecule has 2 rings (SSSR count). The number of fused-ring (bicyclic) bond motifs is 1. The van der Waals surface area contributed by atoms with Gasteiger partial charge >= 0.3 is 0 Å². The lowest BCUT2D eigenvalue weighted by Crippen LogP contribution is -2.28. The smallest absolute Gasteiger partial charge is 0.274 e. The SMILES string of the molecule is CCc1ccc2c(c1)C(=O)N(CCCCO)S2(O)O. The molecule has 1 heterocycles. The third kappa shape index (κ3) is 2.49. The van der Waals surface area contributed by atoms with Crippen LogP contribution in [0.2, 0.25) is 0 Å². The number of nitrogens with zero attached hydrogens (tertiary/aromatic N) is 1. The number of benzene rings is 1. The van der Waals surface area contributed by atoms with Crippen molar-refractivity contribution in [2.75, 3.05) is 13.2 Å². The van der Waals surface area contributed by atoms with Gasteiger partial charge in [0.15, 0.2) is 0 Å². The molecule has 0 aromatic heterocycles. The van der Waals surface area contributed by atoms with Crippen molar-refractivity contribution < 1.29 is 19.0 Å². The number of hydrogen-bond donors (Lipinski definition) is 3. The summed E-state index contributed by atoms with van der Waals surface area (Å²) in [5.41, 5.74) is 1.39. The monoisotopic (exact) mass is 285 g/mol. The molecule has 106 valence electrons. The summed E-state index contributed by atoms with van der Waals surface area (Å²) in [5.74, 6) is -0.330. The Kier molecular flexibility index (Phi) is 4.15. The maximum Gasteiger partial charge on any atom is 0.274 e. The molecule has 5 nitrogen and oxygen atoms in total. The first-order valence-electron chi connectivity index (χ1n) is 6.36. The molecule has 19 heavy (non-hydrogen) atoms. The lowest BCUT2D eigenvalue weighted by Gasteiger charge is -2.36. The van der Waals surface area contributed by atoms with Crippen LogP contribution in [0.4, 0.5) is 0 Å². The van der Waals surface area contributed by atoms with Crippen LogP contribution in [0.3, 0.4) is 0 Å². The second-order valence-electron chi connectivity index (χ2n) is 4.54. The van der Waals surface area contributed by atoms with E-state index in [0.717, 1.165) is 16.3 Å². The molecule has 0 saturated carbocycles. The van der Waals surface area contributed by atoms with Crippen LogP contribution in [0.1, 0.15) is 35.7 Å². The standard InChI is InChI=1S/C13H19NO4S/c1-2-10-5-6-12-11(9-10)13(16)14(19(12,17)18)7-3-4-8-15/h5-6,9,15,17-18H,2-4,7-8H2,1H3. The zero-order valence-corrected chi connectivity index (χ0v) is 11.7. The van der Waals surface area contributed by atoms with E-state index in [2.05, 4.69) is 0 Å². The first-order valence-corrected chi connectivity index (χ1v) is 7.86. The Morgan fingerprint density at radius 2 is 2.00 bits per heavy atom. The highest BCUT2D eigenvalue weighted by Gasteiger charge is 2.40. The molecule has 1 aliphatic heterocycles. The van der Waals surface area contributed by atoms with Gasteiger partial charge < -0.3 is 5.11 Å². The van der Waals surface area contributed by atoms with Gasteiger partial charge in [-0.1, -0.05) is 23.8 Å². The van der Waals surface area contributed by atoms with E-state index in [1.807, 2.05) is 13.0 Å². The molecule has 0 saturated heterocycles. The number of aryl methyl sites for hydroxylation is 1. The number of hydrogen-bond acceptors (Lipinski definition) is 4. The molecule has 0 radical (unpaired) electrons. The van der Waals surface area contributed by atoms with E-state index in [4.69, 9.17) is 5.11 Å². The predicted octanol–water partition coefficient (Wildman–Crippen LogP) is 2.50. The van der Waals surface area contributed by atoms with Gasteiger partial charge in [0.2, 0.25) is 0 Å². The summed E-state index contributed by atoms with van der Waals surface area (Å²) < 4.78 is 21.6. The minimum absolute atomic E-state index is 0.0359. The van der Waals surface area contributed by atoms with Crippen molar-refractivity contribution in [1.29, 1.82) is 0 Å². The molecule has 6 heteroatoms. The van der Waals surface area contributed by atoms with Crippen LogP contribution in [-0.2, 0) is 6.42 Å². The van der Waals surface area contributed by atoms with Gasteiger partial charge in [0.25, 0.3) is 5.91 Å². The van der Waals surface area contributed by atoms with Gasteiger partial charge in [-0.3, -0.25) is 13.9 Å². The average Bonchev–Trinajstić information content (AvgIpc) is 2.59. The van der Waals surface area contributed by atoms with Gasteiger partial charge in [0.1, 0.15) is 0 Å². The molecule has 1 aliphatic rings. The Labute approximate surface area is 114 Å². The first kappa shape index (κ1) is 14.3. The third-order valence-electron chi connectivity index (χ3n) is 3.28. The number of amides is 1. The molecular formula is C13H19NO4S. The summed E-state index contributed by atoms with van der Waals surface area (Å²) in [6.45, 7) is 2.27. The van der Waals surface area contributed by atoms with E-state index in [1.54, 1.807) is 12.1 Å². The first-order chi connectivity index (χ1) is 9.02. The van der Waals surface area contributed by atoms with E-state index < -0.39 is 10.8 Å². The van der Waals surface area contributed by atoms with Crippen molar-refractivity contribution in [3.63, 3.8) is 0 Å². The molecule has 0 spiro atoms. The zero-order valence-electron chi connectivity index (χ0n) is 10.9. The van der Waals surface area contributed by atoms with Crippen LogP contribution in [0.25, 0.3) is 0 Å². The summed E-state index contributed by atoms with van der Waals surface area (Å²) in [6.07, 6.45) is 1.88. The summed E-state index contributed by atoms with van der Waals surface area (Å²) in [6, 6.07) is 5.18. The van der Waals surface area contributed by atoms with Gasteiger partial charge in [-0.2, -0.15) is 0 Å². The van der Waals surface area contributed by atoms with Crippen molar-refractivity contribution >= 4 is 16.7 Å². The van der Waals surface area contributed by atoms with Crippen LogP contribution >= 0.6 is 10.8 Å². The fraction of sp³-hybridized carbons (Fsp3) is 0.462. The van der Waals surface area contributed by atoms with Gasteiger partial charge in [0.05, 0.1) is 10.5 Å². The van der Waals surface area contributed by atoms with E-state index in [9.17, 15) is 13.9 Å². The summed E-state index contributed by atoms with van der Waals surface area (Å²) in [5, 5.41) is 8.76.